The predicted octanol–water partition coefficient (Wildman–Crippen LogP) is 3.10. The van der Waals surface area contributed by atoms with Gasteiger partial charge in [0.15, 0.2) is 5.58 Å². The zero-order valence-electron chi connectivity index (χ0n) is 10.1. The van der Waals surface area contributed by atoms with Crippen LogP contribution in [0.15, 0.2) is 50.1 Å². The molecule has 3 rings (SSSR count). The third kappa shape index (κ3) is 2.28. The summed E-state index contributed by atoms with van der Waals surface area (Å²) in [7, 11) is 0. The van der Waals surface area contributed by atoms with E-state index in [0.29, 0.717) is 22.2 Å². The van der Waals surface area contributed by atoms with Gasteiger partial charge in [0.25, 0.3) is 0 Å². The molecule has 0 bridgehead atoms. The molecule has 102 valence electrons. The fourth-order valence-electron chi connectivity index (χ4n) is 2.01. The molecule has 0 radical (unpaired) electrons. The van der Waals surface area contributed by atoms with Crippen LogP contribution in [-0.4, -0.2) is 10.1 Å². The van der Waals surface area contributed by atoms with Crippen molar-refractivity contribution in [3.8, 4) is 0 Å². The van der Waals surface area contributed by atoms with E-state index in [9.17, 15) is 14.3 Å². The van der Waals surface area contributed by atoms with Crippen LogP contribution in [0.4, 0.5) is 4.39 Å². The first-order valence-electron chi connectivity index (χ1n) is 5.80. The maximum Gasteiger partial charge on any atom is 0.417 e. The average Bonchev–Trinajstić information content (AvgIpc) is 2.80. The summed E-state index contributed by atoms with van der Waals surface area (Å²) in [5.41, 5.74) is 2.02. The van der Waals surface area contributed by atoms with Gasteiger partial charge in [-0.2, -0.15) is 0 Å². The van der Waals surface area contributed by atoms with Gasteiger partial charge in [0.2, 0.25) is 0 Å². The fourth-order valence-corrected chi connectivity index (χ4v) is 2.40. The molecular weight excluding hydrogens is 329 g/mol. The second kappa shape index (κ2) is 4.88. The van der Waals surface area contributed by atoms with E-state index >= 15 is 0 Å². The zero-order valence-corrected chi connectivity index (χ0v) is 11.6. The van der Waals surface area contributed by atoms with Crippen LogP contribution >= 0.6 is 15.9 Å². The Kier molecular flexibility index (Phi) is 3.19. The van der Waals surface area contributed by atoms with Crippen molar-refractivity contribution in [2.24, 2.45) is 0 Å². The lowest BCUT2D eigenvalue weighted by Crippen LogP contribution is -2.00. The van der Waals surface area contributed by atoms with E-state index in [1.807, 2.05) is 0 Å². The molecule has 1 atom stereocenters. The largest absolute Gasteiger partial charge is 0.417 e. The highest BCUT2D eigenvalue weighted by atomic mass is 79.9. The van der Waals surface area contributed by atoms with Crippen LogP contribution in [0, 0.1) is 5.82 Å². The molecule has 0 spiro atoms. The highest BCUT2D eigenvalue weighted by Crippen LogP contribution is 2.27. The normalized spacial score (nSPS) is 12.8. The number of H-pyrrole nitrogens is 1. The zero-order chi connectivity index (χ0) is 14.3. The van der Waals surface area contributed by atoms with Crippen molar-refractivity contribution in [1.29, 1.82) is 0 Å². The molecule has 0 aliphatic carbocycles. The number of aromatic amines is 1. The van der Waals surface area contributed by atoms with Crippen molar-refractivity contribution in [3.05, 3.63) is 68.4 Å². The van der Waals surface area contributed by atoms with Crippen LogP contribution in [0.2, 0.25) is 0 Å². The molecular formula is C14H9BrFNO3. The summed E-state index contributed by atoms with van der Waals surface area (Å²) in [6.07, 6.45) is -0.934. The second-order valence-electron chi connectivity index (χ2n) is 4.35. The lowest BCUT2D eigenvalue weighted by atomic mass is 10.0. The molecule has 0 amide bonds. The van der Waals surface area contributed by atoms with Crippen LogP contribution in [0.1, 0.15) is 17.2 Å². The first kappa shape index (κ1) is 13.1. The highest BCUT2D eigenvalue weighted by molar-refractivity contribution is 9.10. The smallest absolute Gasteiger partial charge is 0.408 e. The molecule has 4 nitrogen and oxygen atoms in total. The molecule has 0 saturated carbocycles. The van der Waals surface area contributed by atoms with E-state index in [1.165, 1.54) is 18.2 Å². The number of aromatic nitrogens is 1. The van der Waals surface area contributed by atoms with Crippen LogP contribution < -0.4 is 5.76 Å². The summed E-state index contributed by atoms with van der Waals surface area (Å²) in [4.78, 5) is 13.6. The minimum atomic E-state index is -0.934. The van der Waals surface area contributed by atoms with Gasteiger partial charge in [0.05, 0.1) is 9.99 Å². The minimum Gasteiger partial charge on any atom is -0.408 e. The Hall–Kier alpha value is -1.92. The Bertz CT molecular complexity index is 840. The standard InChI is InChI=1S/C14H9BrFNO3/c15-9-5-7(1-3-10(9)16)13(18)8-2-4-11-12(6-8)20-14(19)17-11/h1-6,13,18H,(H,17,19). The molecule has 20 heavy (non-hydrogen) atoms. The summed E-state index contributed by atoms with van der Waals surface area (Å²) in [5, 5.41) is 10.3. The molecule has 2 aromatic carbocycles. The van der Waals surface area contributed by atoms with E-state index < -0.39 is 17.7 Å². The third-order valence-corrected chi connectivity index (χ3v) is 3.63. The van der Waals surface area contributed by atoms with Gasteiger partial charge in [-0.25, -0.2) is 9.18 Å². The molecule has 0 aliphatic heterocycles. The monoisotopic (exact) mass is 337 g/mol. The molecule has 0 saturated heterocycles. The van der Waals surface area contributed by atoms with Gasteiger partial charge in [0, 0.05) is 0 Å². The molecule has 6 heteroatoms. The van der Waals surface area contributed by atoms with Gasteiger partial charge in [-0.15, -0.1) is 0 Å². The Morgan fingerprint density at radius 1 is 1.20 bits per heavy atom. The van der Waals surface area contributed by atoms with Gasteiger partial charge in [-0.1, -0.05) is 12.1 Å². The van der Waals surface area contributed by atoms with Crippen LogP contribution in [0.25, 0.3) is 11.1 Å². The number of hydrogen-bond donors (Lipinski definition) is 2. The number of fused-ring (bicyclic) bond motifs is 1. The van der Waals surface area contributed by atoms with Gasteiger partial charge >= 0.3 is 5.76 Å². The van der Waals surface area contributed by atoms with Crippen molar-refractivity contribution in [2.75, 3.05) is 0 Å². The second-order valence-corrected chi connectivity index (χ2v) is 5.20. The molecule has 1 aromatic heterocycles. The maximum absolute atomic E-state index is 13.2. The lowest BCUT2D eigenvalue weighted by Gasteiger charge is -2.12. The number of hydrogen-bond acceptors (Lipinski definition) is 3. The topological polar surface area (TPSA) is 66.2 Å². The molecule has 1 heterocycles. The summed E-state index contributed by atoms with van der Waals surface area (Å²) >= 11 is 3.08. The maximum atomic E-state index is 13.2. The predicted molar refractivity (Wildman–Crippen MR) is 75.0 cm³/mol. The van der Waals surface area contributed by atoms with Gasteiger partial charge < -0.3 is 9.52 Å². The SMILES string of the molecule is O=c1[nH]c2ccc(C(O)c3ccc(F)c(Br)c3)cc2o1. The van der Waals surface area contributed by atoms with Crippen LogP contribution in [-0.2, 0) is 0 Å². The quantitative estimate of drug-likeness (QED) is 0.755. The highest BCUT2D eigenvalue weighted by Gasteiger charge is 2.14. The van der Waals surface area contributed by atoms with Crippen molar-refractivity contribution >= 4 is 27.0 Å². The summed E-state index contributed by atoms with van der Waals surface area (Å²) in [5.74, 6) is -0.941. The molecule has 0 aliphatic rings. The van der Waals surface area contributed by atoms with Gasteiger partial charge in [0.1, 0.15) is 11.9 Å². The molecule has 1 unspecified atom stereocenters. The lowest BCUT2D eigenvalue weighted by molar-refractivity contribution is 0.220. The molecule has 3 aromatic rings. The average molecular weight is 338 g/mol. The van der Waals surface area contributed by atoms with Crippen molar-refractivity contribution < 1.29 is 13.9 Å². The Labute approximate surface area is 121 Å². The first-order valence-corrected chi connectivity index (χ1v) is 6.59. The summed E-state index contributed by atoms with van der Waals surface area (Å²) < 4.78 is 18.4. The number of benzene rings is 2. The number of halogens is 2. The number of aliphatic hydroxyl groups excluding tert-OH is 1. The van der Waals surface area contributed by atoms with E-state index in [1.54, 1.807) is 18.2 Å². The first-order chi connectivity index (χ1) is 9.54. The van der Waals surface area contributed by atoms with Gasteiger partial charge in [-0.3, -0.25) is 4.98 Å². The molecule has 0 fully saturated rings. The number of nitrogens with one attached hydrogen (secondary N) is 1. The Morgan fingerprint density at radius 2 is 1.90 bits per heavy atom. The Morgan fingerprint density at radius 3 is 2.65 bits per heavy atom. The summed E-state index contributed by atoms with van der Waals surface area (Å²) in [6, 6.07) is 9.19. The number of rotatable bonds is 2. The minimum absolute atomic E-state index is 0.281. The number of oxazole rings is 1. The van der Waals surface area contributed by atoms with Crippen molar-refractivity contribution in [3.63, 3.8) is 0 Å². The van der Waals surface area contributed by atoms with Crippen LogP contribution in [0.5, 0.6) is 0 Å². The Balaban J connectivity index is 2.04. The summed E-state index contributed by atoms with van der Waals surface area (Å²) in [6.45, 7) is 0. The van der Waals surface area contributed by atoms with E-state index in [2.05, 4.69) is 20.9 Å². The van der Waals surface area contributed by atoms with Crippen LogP contribution in [0.3, 0.4) is 0 Å². The molecule has 2 N–H and O–H groups in total. The van der Waals surface area contributed by atoms with Gasteiger partial charge in [-0.05, 0) is 51.3 Å². The van der Waals surface area contributed by atoms with E-state index in [-0.39, 0.29) is 4.47 Å². The van der Waals surface area contributed by atoms with Crippen molar-refractivity contribution in [1.82, 2.24) is 4.98 Å². The third-order valence-electron chi connectivity index (χ3n) is 3.02. The van der Waals surface area contributed by atoms with Crippen molar-refractivity contribution in [2.45, 2.75) is 6.10 Å². The van der Waals surface area contributed by atoms with E-state index in [0.717, 1.165) is 0 Å². The fraction of sp³-hybridized carbons (Fsp3) is 0.0714. The number of aliphatic hydroxyl groups is 1. The van der Waals surface area contributed by atoms with E-state index in [4.69, 9.17) is 4.42 Å².